The number of carbonyl (C=O) groups is 2. The zero-order chi connectivity index (χ0) is 15.2. The first kappa shape index (κ1) is 14.5. The minimum absolute atomic E-state index is 0.164. The third-order valence-corrected chi connectivity index (χ3v) is 4.88. The van der Waals surface area contributed by atoms with Crippen LogP contribution in [0.15, 0.2) is 22.7 Å². The van der Waals surface area contributed by atoms with E-state index in [1.807, 2.05) is 0 Å². The number of rotatable bonds is 1. The van der Waals surface area contributed by atoms with E-state index in [1.165, 1.54) is 17.0 Å². The SMILES string of the molecule is CC1C(=O)NC2(CCCC2)C(=O)N1c1ccc(Br)cc1F. The van der Waals surface area contributed by atoms with E-state index in [0.29, 0.717) is 17.3 Å². The highest BCUT2D eigenvalue weighted by Crippen LogP contribution is 2.37. The van der Waals surface area contributed by atoms with Gasteiger partial charge in [-0.05, 0) is 38.0 Å². The molecule has 0 bridgehead atoms. The first-order chi connectivity index (χ1) is 9.94. The molecule has 1 aliphatic heterocycles. The smallest absolute Gasteiger partial charge is 0.253 e. The van der Waals surface area contributed by atoms with Gasteiger partial charge < -0.3 is 5.32 Å². The molecule has 1 unspecified atom stereocenters. The molecule has 1 saturated heterocycles. The zero-order valence-electron chi connectivity index (χ0n) is 11.7. The van der Waals surface area contributed by atoms with Crippen LogP contribution in [-0.2, 0) is 9.59 Å². The quantitative estimate of drug-likeness (QED) is 0.842. The Balaban J connectivity index is 2.05. The molecule has 1 heterocycles. The fraction of sp³-hybridized carbons (Fsp3) is 0.467. The summed E-state index contributed by atoms with van der Waals surface area (Å²) in [5, 5.41) is 2.86. The highest BCUT2D eigenvalue weighted by molar-refractivity contribution is 9.10. The molecule has 1 aliphatic carbocycles. The Hall–Kier alpha value is -1.43. The van der Waals surface area contributed by atoms with Gasteiger partial charge in [0.25, 0.3) is 5.91 Å². The number of nitrogens with one attached hydrogen (secondary N) is 1. The molecule has 21 heavy (non-hydrogen) atoms. The lowest BCUT2D eigenvalue weighted by molar-refractivity contribution is -0.137. The largest absolute Gasteiger partial charge is 0.340 e. The van der Waals surface area contributed by atoms with Crippen molar-refractivity contribution in [2.45, 2.75) is 44.2 Å². The van der Waals surface area contributed by atoms with E-state index in [0.717, 1.165) is 12.8 Å². The molecule has 0 aromatic heterocycles. The van der Waals surface area contributed by atoms with Crippen LogP contribution < -0.4 is 10.2 Å². The molecule has 1 aromatic rings. The van der Waals surface area contributed by atoms with Gasteiger partial charge in [-0.2, -0.15) is 0 Å². The Morgan fingerprint density at radius 1 is 1.33 bits per heavy atom. The van der Waals surface area contributed by atoms with Crippen LogP contribution in [-0.4, -0.2) is 23.4 Å². The zero-order valence-corrected chi connectivity index (χ0v) is 13.2. The van der Waals surface area contributed by atoms with E-state index in [9.17, 15) is 14.0 Å². The van der Waals surface area contributed by atoms with Crippen molar-refractivity contribution < 1.29 is 14.0 Å². The molecule has 0 radical (unpaired) electrons. The maximum atomic E-state index is 14.2. The molecule has 1 saturated carbocycles. The van der Waals surface area contributed by atoms with Gasteiger partial charge in [0.15, 0.2) is 0 Å². The van der Waals surface area contributed by atoms with Crippen LogP contribution in [0, 0.1) is 5.82 Å². The molecule has 112 valence electrons. The molecular formula is C15H16BrFN2O2. The number of halogens is 2. The highest BCUT2D eigenvalue weighted by atomic mass is 79.9. The van der Waals surface area contributed by atoms with Gasteiger partial charge in [0.1, 0.15) is 17.4 Å². The number of amides is 2. The van der Waals surface area contributed by atoms with Gasteiger partial charge in [0, 0.05) is 4.47 Å². The number of nitrogens with zero attached hydrogens (tertiary/aromatic N) is 1. The first-order valence-electron chi connectivity index (χ1n) is 7.05. The molecular weight excluding hydrogens is 339 g/mol. The average Bonchev–Trinajstić information content (AvgIpc) is 2.89. The van der Waals surface area contributed by atoms with Crippen molar-refractivity contribution in [3.8, 4) is 0 Å². The Kier molecular flexibility index (Phi) is 3.51. The minimum atomic E-state index is -0.844. The Labute approximate surface area is 130 Å². The van der Waals surface area contributed by atoms with Gasteiger partial charge in [-0.15, -0.1) is 0 Å². The van der Waals surface area contributed by atoms with Crippen LogP contribution in [0.2, 0.25) is 0 Å². The van der Waals surface area contributed by atoms with E-state index in [4.69, 9.17) is 0 Å². The van der Waals surface area contributed by atoms with E-state index >= 15 is 0 Å². The Morgan fingerprint density at radius 3 is 2.62 bits per heavy atom. The highest BCUT2D eigenvalue weighted by Gasteiger charge is 2.51. The van der Waals surface area contributed by atoms with E-state index < -0.39 is 17.4 Å². The summed E-state index contributed by atoms with van der Waals surface area (Å²) in [7, 11) is 0. The third kappa shape index (κ3) is 2.25. The summed E-state index contributed by atoms with van der Waals surface area (Å²) in [4.78, 5) is 26.4. The maximum Gasteiger partial charge on any atom is 0.253 e. The summed E-state index contributed by atoms with van der Waals surface area (Å²) in [6.07, 6.45) is 3.05. The number of hydrogen-bond acceptors (Lipinski definition) is 2. The first-order valence-corrected chi connectivity index (χ1v) is 7.85. The molecule has 2 amide bonds. The minimum Gasteiger partial charge on any atom is -0.340 e. The topological polar surface area (TPSA) is 49.4 Å². The summed E-state index contributed by atoms with van der Waals surface area (Å²) < 4.78 is 14.8. The lowest BCUT2D eigenvalue weighted by Crippen LogP contribution is -2.69. The Morgan fingerprint density at radius 2 is 2.00 bits per heavy atom. The summed E-state index contributed by atoms with van der Waals surface area (Å²) in [5.74, 6) is -0.931. The summed E-state index contributed by atoms with van der Waals surface area (Å²) >= 11 is 3.20. The van der Waals surface area contributed by atoms with Crippen LogP contribution in [0.25, 0.3) is 0 Å². The van der Waals surface area contributed by atoms with Gasteiger partial charge >= 0.3 is 0 Å². The standard InChI is InChI=1S/C15H16BrFN2O2/c1-9-13(20)18-15(6-2-3-7-15)14(21)19(9)12-5-4-10(16)8-11(12)17/h4-5,8-9H,2-3,6-7H2,1H3,(H,18,20). The molecule has 2 aliphatic rings. The van der Waals surface area contributed by atoms with Crippen molar-refractivity contribution in [3.05, 3.63) is 28.5 Å². The molecule has 6 heteroatoms. The van der Waals surface area contributed by atoms with Crippen LogP contribution in [0.5, 0.6) is 0 Å². The lowest BCUT2D eigenvalue weighted by atomic mass is 9.90. The average molecular weight is 355 g/mol. The number of piperazine rings is 1. The van der Waals surface area contributed by atoms with E-state index in [-0.39, 0.29) is 17.5 Å². The molecule has 1 atom stereocenters. The normalized spacial score (nSPS) is 24.5. The van der Waals surface area contributed by atoms with Crippen LogP contribution >= 0.6 is 15.9 Å². The van der Waals surface area contributed by atoms with Gasteiger partial charge in [-0.3, -0.25) is 14.5 Å². The van der Waals surface area contributed by atoms with E-state index in [2.05, 4.69) is 21.2 Å². The van der Waals surface area contributed by atoms with Crippen molar-refractivity contribution in [1.82, 2.24) is 5.32 Å². The van der Waals surface area contributed by atoms with Crippen molar-refractivity contribution in [2.24, 2.45) is 0 Å². The van der Waals surface area contributed by atoms with Gasteiger partial charge in [-0.1, -0.05) is 28.8 Å². The fourth-order valence-corrected chi connectivity index (χ4v) is 3.56. The summed E-state index contributed by atoms with van der Waals surface area (Å²) in [6, 6.07) is 3.81. The van der Waals surface area contributed by atoms with Crippen molar-refractivity contribution >= 4 is 33.4 Å². The van der Waals surface area contributed by atoms with Crippen LogP contribution in [0.4, 0.5) is 10.1 Å². The van der Waals surface area contributed by atoms with Crippen molar-refractivity contribution in [2.75, 3.05) is 4.90 Å². The molecule has 4 nitrogen and oxygen atoms in total. The predicted octanol–water partition coefficient (Wildman–Crippen LogP) is 2.75. The molecule has 1 aromatic carbocycles. The summed E-state index contributed by atoms with van der Waals surface area (Å²) in [6.45, 7) is 1.62. The van der Waals surface area contributed by atoms with Crippen molar-refractivity contribution in [3.63, 3.8) is 0 Å². The number of benzene rings is 1. The third-order valence-electron chi connectivity index (χ3n) is 4.38. The molecule has 1 N–H and O–H groups in total. The van der Waals surface area contributed by atoms with E-state index in [1.54, 1.807) is 13.0 Å². The monoisotopic (exact) mass is 354 g/mol. The lowest BCUT2D eigenvalue weighted by Gasteiger charge is -2.43. The van der Waals surface area contributed by atoms with Gasteiger partial charge in [-0.25, -0.2) is 4.39 Å². The van der Waals surface area contributed by atoms with Crippen LogP contribution in [0.1, 0.15) is 32.6 Å². The molecule has 2 fully saturated rings. The van der Waals surface area contributed by atoms with Crippen LogP contribution in [0.3, 0.4) is 0 Å². The second-order valence-corrected chi connectivity index (χ2v) is 6.64. The van der Waals surface area contributed by atoms with Gasteiger partial charge in [0.05, 0.1) is 5.69 Å². The fourth-order valence-electron chi connectivity index (χ4n) is 3.23. The van der Waals surface area contributed by atoms with Gasteiger partial charge in [0.2, 0.25) is 5.91 Å². The second kappa shape index (κ2) is 5.09. The number of anilines is 1. The predicted molar refractivity (Wildman–Crippen MR) is 80.4 cm³/mol. The molecule has 1 spiro atoms. The Bertz CT molecular complexity index is 614. The molecule has 3 rings (SSSR count). The maximum absolute atomic E-state index is 14.2. The number of carbonyl (C=O) groups excluding carboxylic acids is 2. The van der Waals surface area contributed by atoms with Crippen molar-refractivity contribution in [1.29, 1.82) is 0 Å². The number of hydrogen-bond donors (Lipinski definition) is 1. The summed E-state index contributed by atoms with van der Waals surface area (Å²) in [5.41, 5.74) is -0.680. The second-order valence-electron chi connectivity index (χ2n) is 5.73.